The molecule has 0 unspecified atom stereocenters. The van der Waals surface area contributed by atoms with Crippen LogP contribution in [0.25, 0.3) is 0 Å². The molecule has 33 heavy (non-hydrogen) atoms. The van der Waals surface area contributed by atoms with Crippen molar-refractivity contribution >= 4 is 0 Å². The molecule has 0 N–H and O–H groups in total. The molecule has 0 aromatic heterocycles. The molecular weight excluding hydrogens is 417 g/mol. The van der Waals surface area contributed by atoms with E-state index in [4.69, 9.17) is 0 Å². The first-order valence-electron chi connectivity index (χ1n) is 12.8. The Morgan fingerprint density at radius 1 is 0.848 bits per heavy atom. The van der Waals surface area contributed by atoms with Crippen molar-refractivity contribution in [1.29, 1.82) is 0 Å². The number of fused-ring (bicyclic) bond motifs is 3. The van der Waals surface area contributed by atoms with Crippen LogP contribution in [0, 0.1) is 23.7 Å². The molecule has 4 rings (SSSR count). The van der Waals surface area contributed by atoms with Gasteiger partial charge in [-0.3, -0.25) is 0 Å². The van der Waals surface area contributed by atoms with E-state index < -0.39 is 11.7 Å². The number of unbranched alkanes of at least 4 members (excludes halogenated alkanes) is 4. The zero-order valence-electron chi connectivity index (χ0n) is 19.7. The summed E-state index contributed by atoms with van der Waals surface area (Å²) in [6, 6.07) is 11.7. The first kappa shape index (κ1) is 23.9. The van der Waals surface area contributed by atoms with Gasteiger partial charge in [-0.05, 0) is 97.4 Å². The number of halogens is 3. The molecular formula is C30H35F3. The molecule has 0 bridgehead atoms. The Bertz CT molecular complexity index is 974. The Morgan fingerprint density at radius 2 is 1.58 bits per heavy atom. The van der Waals surface area contributed by atoms with Crippen LogP contribution in [0.15, 0.2) is 42.5 Å². The standard InChI is InChI=1S/C30H35F3/c1-2-3-4-5-6-7-23-12-18-28-25(20-23)14-15-26-21-24(13-19-29(26)28)9-8-22-10-16-27(17-11-22)30(31,32)33/h10-11,13,16-17,19,21,23,25,28H,2-7,12,14-15,18,20H2,1H3/t23-,25-,28+/m1/s1. The minimum absolute atomic E-state index is 0.605. The van der Waals surface area contributed by atoms with Crippen LogP contribution >= 0.6 is 0 Å². The SMILES string of the molecule is CCCCCCC[C@@H]1CC[C@@H]2c3ccc(C#Cc4ccc(C(F)(F)F)cc4)cc3CC[C@@H]2C1. The van der Waals surface area contributed by atoms with Crippen molar-refractivity contribution in [1.82, 2.24) is 0 Å². The highest BCUT2D eigenvalue weighted by Crippen LogP contribution is 2.48. The summed E-state index contributed by atoms with van der Waals surface area (Å²) in [4.78, 5) is 0. The Hall–Kier alpha value is -2.21. The third-order valence-electron chi connectivity index (χ3n) is 7.70. The van der Waals surface area contributed by atoms with E-state index in [0.29, 0.717) is 11.5 Å². The van der Waals surface area contributed by atoms with E-state index in [9.17, 15) is 13.2 Å². The third-order valence-corrected chi connectivity index (χ3v) is 7.70. The zero-order valence-corrected chi connectivity index (χ0v) is 19.7. The van der Waals surface area contributed by atoms with Gasteiger partial charge in [-0.1, -0.05) is 63.4 Å². The topological polar surface area (TPSA) is 0 Å². The molecule has 1 saturated carbocycles. The van der Waals surface area contributed by atoms with Crippen LogP contribution in [0.2, 0.25) is 0 Å². The smallest absolute Gasteiger partial charge is 0.166 e. The maximum atomic E-state index is 12.7. The molecule has 0 heterocycles. The van der Waals surface area contributed by atoms with Gasteiger partial charge in [-0.15, -0.1) is 0 Å². The van der Waals surface area contributed by atoms with Crippen molar-refractivity contribution in [2.75, 3.05) is 0 Å². The fourth-order valence-electron chi connectivity index (χ4n) is 5.88. The highest BCUT2D eigenvalue weighted by Gasteiger charge is 2.35. The van der Waals surface area contributed by atoms with E-state index in [2.05, 4.69) is 37.0 Å². The Kier molecular flexibility index (Phi) is 7.84. The summed E-state index contributed by atoms with van der Waals surface area (Å²) in [6.45, 7) is 2.27. The van der Waals surface area contributed by atoms with Gasteiger partial charge in [0.05, 0.1) is 5.56 Å². The van der Waals surface area contributed by atoms with E-state index in [1.54, 1.807) is 0 Å². The van der Waals surface area contributed by atoms with Gasteiger partial charge in [0.25, 0.3) is 0 Å². The minimum atomic E-state index is -4.31. The van der Waals surface area contributed by atoms with Crippen molar-refractivity contribution in [3.63, 3.8) is 0 Å². The molecule has 1 fully saturated rings. The average molecular weight is 453 g/mol. The quantitative estimate of drug-likeness (QED) is 0.303. The molecule has 0 aliphatic heterocycles. The number of hydrogen-bond donors (Lipinski definition) is 0. The molecule has 0 nitrogen and oxygen atoms in total. The third kappa shape index (κ3) is 6.23. The van der Waals surface area contributed by atoms with Crippen molar-refractivity contribution in [3.8, 4) is 11.8 Å². The van der Waals surface area contributed by atoms with Gasteiger partial charge in [0.1, 0.15) is 0 Å². The Balaban J connectivity index is 1.36. The van der Waals surface area contributed by atoms with Gasteiger partial charge < -0.3 is 0 Å². The van der Waals surface area contributed by atoms with E-state index in [1.807, 2.05) is 0 Å². The molecule has 2 aromatic rings. The van der Waals surface area contributed by atoms with Gasteiger partial charge in [0.2, 0.25) is 0 Å². The van der Waals surface area contributed by atoms with Crippen LogP contribution in [0.4, 0.5) is 13.2 Å². The molecule has 3 heteroatoms. The van der Waals surface area contributed by atoms with Gasteiger partial charge in [0.15, 0.2) is 0 Å². The lowest BCUT2D eigenvalue weighted by Gasteiger charge is -2.40. The van der Waals surface area contributed by atoms with Gasteiger partial charge >= 0.3 is 6.18 Å². The molecule has 2 aliphatic carbocycles. The minimum Gasteiger partial charge on any atom is -0.166 e. The lowest BCUT2D eigenvalue weighted by Crippen LogP contribution is -2.28. The normalized spacial score (nSPS) is 22.1. The number of alkyl halides is 3. The molecule has 3 atom stereocenters. The first-order chi connectivity index (χ1) is 15.9. The summed E-state index contributed by atoms with van der Waals surface area (Å²) in [7, 11) is 0. The second-order valence-corrected chi connectivity index (χ2v) is 10.0. The maximum Gasteiger partial charge on any atom is 0.416 e. The van der Waals surface area contributed by atoms with E-state index in [0.717, 1.165) is 36.0 Å². The van der Waals surface area contributed by atoms with Crippen LogP contribution in [-0.4, -0.2) is 0 Å². The lowest BCUT2D eigenvalue weighted by atomic mass is 9.64. The van der Waals surface area contributed by atoms with Crippen molar-refractivity contribution in [3.05, 3.63) is 70.3 Å². The average Bonchev–Trinajstić information content (AvgIpc) is 2.82. The first-order valence-corrected chi connectivity index (χ1v) is 12.8. The Labute approximate surface area is 197 Å². The highest BCUT2D eigenvalue weighted by molar-refractivity contribution is 5.47. The van der Waals surface area contributed by atoms with Gasteiger partial charge in [-0.2, -0.15) is 13.2 Å². The Morgan fingerprint density at radius 3 is 2.33 bits per heavy atom. The summed E-state index contributed by atoms with van der Waals surface area (Å²) in [5.74, 6) is 8.62. The van der Waals surface area contributed by atoms with Crippen LogP contribution in [-0.2, 0) is 12.6 Å². The maximum absolute atomic E-state index is 12.7. The number of aryl methyl sites for hydroxylation is 1. The highest BCUT2D eigenvalue weighted by atomic mass is 19.4. The molecule has 0 spiro atoms. The number of rotatable bonds is 6. The van der Waals surface area contributed by atoms with Crippen molar-refractivity contribution in [2.45, 2.75) is 89.6 Å². The van der Waals surface area contributed by atoms with E-state index >= 15 is 0 Å². The summed E-state index contributed by atoms with van der Waals surface area (Å²) >= 11 is 0. The molecule has 0 saturated heterocycles. The number of hydrogen-bond acceptors (Lipinski definition) is 0. The predicted octanol–water partition coefficient (Wildman–Crippen LogP) is 8.91. The summed E-state index contributed by atoms with van der Waals surface area (Å²) in [5, 5.41) is 0. The van der Waals surface area contributed by atoms with Crippen LogP contribution < -0.4 is 0 Å². The zero-order chi connectivity index (χ0) is 23.3. The van der Waals surface area contributed by atoms with Crippen molar-refractivity contribution in [2.24, 2.45) is 11.8 Å². The summed E-state index contributed by atoms with van der Waals surface area (Å²) in [6.07, 6.45) is 10.5. The molecule has 0 radical (unpaired) electrons. The van der Waals surface area contributed by atoms with E-state index in [1.165, 1.54) is 87.5 Å². The van der Waals surface area contributed by atoms with Crippen LogP contribution in [0.1, 0.15) is 105 Å². The summed E-state index contributed by atoms with van der Waals surface area (Å²) in [5.41, 5.74) is 3.87. The fraction of sp³-hybridized carbons (Fsp3) is 0.533. The second kappa shape index (κ2) is 10.8. The predicted molar refractivity (Wildman–Crippen MR) is 129 cm³/mol. The second-order valence-electron chi connectivity index (χ2n) is 10.0. The van der Waals surface area contributed by atoms with Crippen LogP contribution in [0.3, 0.4) is 0 Å². The molecule has 2 aliphatic rings. The number of benzene rings is 2. The largest absolute Gasteiger partial charge is 0.416 e. The lowest BCUT2D eigenvalue weighted by molar-refractivity contribution is -0.137. The summed E-state index contributed by atoms with van der Waals surface area (Å²) < 4.78 is 38.2. The fourth-order valence-corrected chi connectivity index (χ4v) is 5.88. The van der Waals surface area contributed by atoms with Crippen LogP contribution in [0.5, 0.6) is 0 Å². The van der Waals surface area contributed by atoms with Crippen molar-refractivity contribution < 1.29 is 13.2 Å². The monoisotopic (exact) mass is 452 g/mol. The van der Waals surface area contributed by atoms with Gasteiger partial charge in [0, 0.05) is 11.1 Å². The molecule has 0 amide bonds. The molecule has 176 valence electrons. The van der Waals surface area contributed by atoms with Gasteiger partial charge in [-0.25, -0.2) is 0 Å². The molecule has 2 aromatic carbocycles. The van der Waals surface area contributed by atoms with E-state index in [-0.39, 0.29) is 0 Å².